The predicted octanol–water partition coefficient (Wildman–Crippen LogP) is 4.04. The van der Waals surface area contributed by atoms with Crippen LogP contribution in [-0.2, 0) is 0 Å². The number of nitrogens with zero attached hydrogens (tertiary/aromatic N) is 3. The summed E-state index contributed by atoms with van der Waals surface area (Å²) >= 11 is 6.06. The standard InChI is InChI=1S/C16H21ClN4O/c1-5-21(6-2)16-10-15(18-11(3)19-16)20-13-9-12(17)7-8-14(13)22-4/h7-10H,5-6H2,1-4H3,(H,18,19,20). The van der Waals surface area contributed by atoms with E-state index < -0.39 is 0 Å². The number of hydrogen-bond acceptors (Lipinski definition) is 5. The molecule has 0 bridgehead atoms. The molecule has 0 aliphatic rings. The van der Waals surface area contributed by atoms with Gasteiger partial charge in [0.25, 0.3) is 0 Å². The number of ether oxygens (including phenoxy) is 1. The Hall–Kier alpha value is -2.01. The minimum absolute atomic E-state index is 0.637. The van der Waals surface area contributed by atoms with E-state index in [4.69, 9.17) is 16.3 Å². The second-order valence-corrected chi connectivity index (χ2v) is 5.24. The molecule has 0 saturated heterocycles. The number of halogens is 1. The highest BCUT2D eigenvalue weighted by molar-refractivity contribution is 6.31. The van der Waals surface area contributed by atoms with Gasteiger partial charge in [-0.05, 0) is 39.0 Å². The van der Waals surface area contributed by atoms with Crippen molar-refractivity contribution in [2.24, 2.45) is 0 Å². The third-order valence-electron chi connectivity index (χ3n) is 3.34. The molecule has 1 aromatic carbocycles. The van der Waals surface area contributed by atoms with Gasteiger partial charge < -0.3 is 15.0 Å². The van der Waals surface area contributed by atoms with E-state index in [1.807, 2.05) is 25.1 Å². The SMILES string of the molecule is CCN(CC)c1cc(Nc2cc(Cl)ccc2OC)nc(C)n1. The Morgan fingerprint density at radius 2 is 1.91 bits per heavy atom. The van der Waals surface area contributed by atoms with E-state index in [1.165, 1.54) is 0 Å². The first kappa shape index (κ1) is 16.4. The van der Waals surface area contributed by atoms with E-state index in [-0.39, 0.29) is 0 Å². The molecule has 0 spiro atoms. The summed E-state index contributed by atoms with van der Waals surface area (Å²) in [6.07, 6.45) is 0. The fourth-order valence-corrected chi connectivity index (χ4v) is 2.41. The summed E-state index contributed by atoms with van der Waals surface area (Å²) in [6, 6.07) is 7.36. The lowest BCUT2D eigenvalue weighted by Gasteiger charge is -2.21. The maximum Gasteiger partial charge on any atom is 0.142 e. The van der Waals surface area contributed by atoms with Gasteiger partial charge in [0.15, 0.2) is 0 Å². The van der Waals surface area contributed by atoms with E-state index in [1.54, 1.807) is 13.2 Å². The molecule has 0 radical (unpaired) electrons. The number of aromatic nitrogens is 2. The lowest BCUT2D eigenvalue weighted by molar-refractivity contribution is 0.417. The Labute approximate surface area is 136 Å². The van der Waals surface area contributed by atoms with Gasteiger partial charge in [-0.3, -0.25) is 0 Å². The number of benzene rings is 1. The van der Waals surface area contributed by atoms with E-state index >= 15 is 0 Å². The van der Waals surface area contributed by atoms with Gasteiger partial charge in [0.1, 0.15) is 23.2 Å². The van der Waals surface area contributed by atoms with Crippen LogP contribution >= 0.6 is 11.6 Å². The van der Waals surface area contributed by atoms with E-state index in [9.17, 15) is 0 Å². The zero-order chi connectivity index (χ0) is 16.1. The third-order valence-corrected chi connectivity index (χ3v) is 3.57. The van der Waals surface area contributed by atoms with Crippen LogP contribution in [0, 0.1) is 6.92 Å². The molecule has 1 aromatic heterocycles. The number of hydrogen-bond donors (Lipinski definition) is 1. The molecule has 2 rings (SSSR count). The van der Waals surface area contributed by atoms with Gasteiger partial charge in [0.05, 0.1) is 12.8 Å². The first-order valence-electron chi connectivity index (χ1n) is 7.28. The zero-order valence-electron chi connectivity index (χ0n) is 13.4. The van der Waals surface area contributed by atoms with Crippen molar-refractivity contribution in [1.82, 2.24) is 9.97 Å². The quantitative estimate of drug-likeness (QED) is 0.870. The molecule has 0 saturated carbocycles. The molecule has 0 amide bonds. The average molecular weight is 321 g/mol. The number of methoxy groups -OCH3 is 1. The highest BCUT2D eigenvalue weighted by Crippen LogP contribution is 2.30. The summed E-state index contributed by atoms with van der Waals surface area (Å²) in [6.45, 7) is 7.88. The predicted molar refractivity (Wildman–Crippen MR) is 91.6 cm³/mol. The number of rotatable bonds is 6. The topological polar surface area (TPSA) is 50.3 Å². The van der Waals surface area contributed by atoms with Crippen molar-refractivity contribution < 1.29 is 4.74 Å². The van der Waals surface area contributed by atoms with Crippen molar-refractivity contribution in [2.75, 3.05) is 30.4 Å². The maximum atomic E-state index is 6.06. The van der Waals surface area contributed by atoms with Crippen LogP contribution in [0.25, 0.3) is 0 Å². The summed E-state index contributed by atoms with van der Waals surface area (Å²) in [5, 5.41) is 3.90. The van der Waals surface area contributed by atoms with Crippen LogP contribution in [0.2, 0.25) is 5.02 Å². The summed E-state index contributed by atoms with van der Waals surface area (Å²) in [5.74, 6) is 3.05. The average Bonchev–Trinajstić information content (AvgIpc) is 2.48. The monoisotopic (exact) mass is 320 g/mol. The second-order valence-electron chi connectivity index (χ2n) is 4.80. The van der Waals surface area contributed by atoms with Crippen LogP contribution in [0.4, 0.5) is 17.3 Å². The summed E-state index contributed by atoms with van der Waals surface area (Å²) in [7, 11) is 1.63. The molecule has 0 aliphatic heterocycles. The van der Waals surface area contributed by atoms with Crippen LogP contribution < -0.4 is 15.0 Å². The summed E-state index contributed by atoms with van der Waals surface area (Å²) < 4.78 is 5.35. The van der Waals surface area contributed by atoms with E-state index in [0.29, 0.717) is 16.6 Å². The van der Waals surface area contributed by atoms with Gasteiger partial charge in [-0.15, -0.1) is 0 Å². The fourth-order valence-electron chi connectivity index (χ4n) is 2.24. The maximum absolute atomic E-state index is 6.06. The van der Waals surface area contributed by atoms with Crippen molar-refractivity contribution in [3.8, 4) is 5.75 Å². The van der Waals surface area contributed by atoms with E-state index in [0.717, 1.165) is 30.4 Å². The number of nitrogens with one attached hydrogen (secondary N) is 1. The molecule has 1 heterocycles. The lowest BCUT2D eigenvalue weighted by Crippen LogP contribution is -2.23. The van der Waals surface area contributed by atoms with Crippen molar-refractivity contribution in [1.29, 1.82) is 0 Å². The normalized spacial score (nSPS) is 10.4. The van der Waals surface area contributed by atoms with Gasteiger partial charge in [-0.2, -0.15) is 0 Å². The molecule has 0 unspecified atom stereocenters. The minimum atomic E-state index is 0.637. The highest BCUT2D eigenvalue weighted by Gasteiger charge is 2.10. The van der Waals surface area contributed by atoms with Crippen LogP contribution in [-0.4, -0.2) is 30.2 Å². The fraction of sp³-hybridized carbons (Fsp3) is 0.375. The lowest BCUT2D eigenvalue weighted by atomic mass is 10.3. The Kier molecular flexibility index (Phi) is 5.44. The van der Waals surface area contributed by atoms with Crippen LogP contribution in [0.3, 0.4) is 0 Å². The van der Waals surface area contributed by atoms with Crippen molar-refractivity contribution in [3.05, 3.63) is 35.1 Å². The first-order chi connectivity index (χ1) is 10.6. The van der Waals surface area contributed by atoms with Crippen LogP contribution in [0.5, 0.6) is 5.75 Å². The number of anilines is 3. The van der Waals surface area contributed by atoms with E-state index in [2.05, 4.69) is 34.0 Å². The third kappa shape index (κ3) is 3.80. The Morgan fingerprint density at radius 1 is 1.18 bits per heavy atom. The highest BCUT2D eigenvalue weighted by atomic mass is 35.5. The smallest absolute Gasteiger partial charge is 0.142 e. The minimum Gasteiger partial charge on any atom is -0.495 e. The van der Waals surface area contributed by atoms with Gasteiger partial charge in [-0.25, -0.2) is 9.97 Å². The van der Waals surface area contributed by atoms with Crippen molar-refractivity contribution in [3.63, 3.8) is 0 Å². The first-order valence-corrected chi connectivity index (χ1v) is 7.66. The summed E-state index contributed by atoms with van der Waals surface area (Å²) in [4.78, 5) is 11.1. The molecular weight excluding hydrogens is 300 g/mol. The number of aryl methyl sites for hydroxylation is 1. The van der Waals surface area contributed by atoms with Gasteiger partial charge in [0.2, 0.25) is 0 Å². The molecule has 1 N–H and O–H groups in total. The molecule has 6 heteroatoms. The van der Waals surface area contributed by atoms with Crippen molar-refractivity contribution in [2.45, 2.75) is 20.8 Å². The molecule has 0 atom stereocenters. The summed E-state index contributed by atoms with van der Waals surface area (Å²) in [5.41, 5.74) is 0.776. The molecule has 2 aromatic rings. The Balaban J connectivity index is 2.35. The molecule has 0 aliphatic carbocycles. The molecule has 118 valence electrons. The zero-order valence-corrected chi connectivity index (χ0v) is 14.1. The second kappa shape index (κ2) is 7.31. The van der Waals surface area contributed by atoms with Gasteiger partial charge >= 0.3 is 0 Å². The van der Waals surface area contributed by atoms with Gasteiger partial charge in [-0.1, -0.05) is 11.6 Å². The largest absolute Gasteiger partial charge is 0.495 e. The Morgan fingerprint density at radius 3 is 2.55 bits per heavy atom. The van der Waals surface area contributed by atoms with Crippen molar-refractivity contribution >= 4 is 28.9 Å². The van der Waals surface area contributed by atoms with Crippen LogP contribution in [0.1, 0.15) is 19.7 Å². The van der Waals surface area contributed by atoms with Gasteiger partial charge in [0, 0.05) is 24.2 Å². The molecule has 5 nitrogen and oxygen atoms in total. The van der Waals surface area contributed by atoms with Crippen LogP contribution in [0.15, 0.2) is 24.3 Å². The molecular formula is C16H21ClN4O. The molecule has 0 fully saturated rings. The molecule has 22 heavy (non-hydrogen) atoms. The Bertz CT molecular complexity index is 644.